The van der Waals surface area contributed by atoms with Crippen molar-refractivity contribution in [2.45, 2.75) is 32.4 Å². The van der Waals surface area contributed by atoms with Gasteiger partial charge in [0.15, 0.2) is 0 Å². The summed E-state index contributed by atoms with van der Waals surface area (Å²) in [5, 5.41) is 9.45. The summed E-state index contributed by atoms with van der Waals surface area (Å²) in [6.45, 7) is 5.46. The van der Waals surface area contributed by atoms with E-state index in [1.165, 1.54) is 5.69 Å². The van der Waals surface area contributed by atoms with Crippen molar-refractivity contribution < 1.29 is 5.11 Å². The Morgan fingerprint density at radius 2 is 2.06 bits per heavy atom. The minimum absolute atomic E-state index is 0.0789. The summed E-state index contributed by atoms with van der Waals surface area (Å²) in [4.78, 5) is 2.30. The molecule has 3 heteroatoms. The summed E-state index contributed by atoms with van der Waals surface area (Å²) in [5.74, 6) is 0.563. The molecule has 0 aliphatic carbocycles. The molecule has 0 spiro atoms. The summed E-state index contributed by atoms with van der Waals surface area (Å²) in [6.07, 6.45) is 1.15. The maximum atomic E-state index is 9.45. The molecule has 1 aromatic rings. The van der Waals surface area contributed by atoms with Gasteiger partial charge in [0.2, 0.25) is 0 Å². The monoisotopic (exact) mass is 234 g/mol. The van der Waals surface area contributed by atoms with Crippen molar-refractivity contribution in [3.05, 3.63) is 29.8 Å². The number of benzene rings is 1. The first kappa shape index (κ1) is 12.4. The van der Waals surface area contributed by atoms with Crippen molar-refractivity contribution in [1.82, 2.24) is 0 Å². The molecule has 0 amide bonds. The predicted octanol–water partition coefficient (Wildman–Crippen LogP) is 1.91. The van der Waals surface area contributed by atoms with Crippen LogP contribution in [0.15, 0.2) is 24.3 Å². The third-order valence-corrected chi connectivity index (χ3v) is 3.82. The minimum atomic E-state index is 0.0789. The average Bonchev–Trinajstić information content (AvgIpc) is 2.70. The third kappa shape index (κ3) is 2.45. The molecule has 17 heavy (non-hydrogen) atoms. The molecule has 0 bridgehead atoms. The lowest BCUT2D eigenvalue weighted by Crippen LogP contribution is -2.35. The summed E-state index contributed by atoms with van der Waals surface area (Å²) >= 11 is 0. The highest BCUT2D eigenvalue weighted by Crippen LogP contribution is 2.29. The third-order valence-electron chi connectivity index (χ3n) is 3.82. The zero-order valence-electron chi connectivity index (χ0n) is 10.6. The van der Waals surface area contributed by atoms with E-state index >= 15 is 0 Å². The first-order valence-corrected chi connectivity index (χ1v) is 6.36. The quantitative estimate of drug-likeness (QED) is 0.840. The number of nitrogens with two attached hydrogens (primary N) is 1. The molecule has 2 rings (SSSR count). The van der Waals surface area contributed by atoms with Gasteiger partial charge in [-0.15, -0.1) is 0 Å². The lowest BCUT2D eigenvalue weighted by atomic mass is 10.0. The highest BCUT2D eigenvalue weighted by atomic mass is 16.3. The number of aliphatic hydroxyl groups is 1. The Morgan fingerprint density at radius 3 is 2.59 bits per heavy atom. The number of hydrogen-bond donors (Lipinski definition) is 2. The van der Waals surface area contributed by atoms with Gasteiger partial charge in [-0.2, -0.15) is 0 Å². The highest BCUT2D eigenvalue weighted by molar-refractivity contribution is 5.50. The first-order valence-electron chi connectivity index (χ1n) is 6.36. The van der Waals surface area contributed by atoms with Crippen molar-refractivity contribution in [3.63, 3.8) is 0 Å². The van der Waals surface area contributed by atoms with Crippen LogP contribution in [0.4, 0.5) is 5.69 Å². The van der Waals surface area contributed by atoms with Crippen LogP contribution in [-0.4, -0.2) is 24.3 Å². The molecule has 0 radical (unpaired) electrons. The van der Waals surface area contributed by atoms with Gasteiger partial charge >= 0.3 is 0 Å². The van der Waals surface area contributed by atoms with E-state index in [1.807, 2.05) is 6.92 Å². The zero-order chi connectivity index (χ0) is 12.4. The normalized spacial score (nSPS) is 26.2. The molecule has 1 aliphatic heterocycles. The molecule has 0 saturated carbocycles. The molecule has 3 atom stereocenters. The van der Waals surface area contributed by atoms with Gasteiger partial charge in [0, 0.05) is 18.3 Å². The van der Waals surface area contributed by atoms with Gasteiger partial charge in [-0.05, 0) is 37.0 Å². The van der Waals surface area contributed by atoms with E-state index in [4.69, 9.17) is 5.73 Å². The molecule has 1 heterocycles. The fourth-order valence-corrected chi connectivity index (χ4v) is 2.58. The second-order valence-electron chi connectivity index (χ2n) is 5.09. The van der Waals surface area contributed by atoms with Crippen LogP contribution in [-0.2, 0) is 0 Å². The van der Waals surface area contributed by atoms with Crippen LogP contribution in [0.2, 0.25) is 0 Å². The number of aliphatic hydroxyl groups excluding tert-OH is 1. The van der Waals surface area contributed by atoms with Gasteiger partial charge in [-0.3, -0.25) is 0 Å². The molecule has 1 aliphatic rings. The number of hydrogen-bond acceptors (Lipinski definition) is 3. The standard InChI is InChI=1S/C14H22N2O/c1-10-7-8-16(14(10)9-17)13-5-3-12(4-6-13)11(2)15/h3-6,10-11,14,17H,7-9,15H2,1-2H3/t10?,11-,14?/m1/s1. The largest absolute Gasteiger partial charge is 0.394 e. The summed E-state index contributed by atoms with van der Waals surface area (Å²) in [6, 6.07) is 8.72. The number of anilines is 1. The fraction of sp³-hybridized carbons (Fsp3) is 0.571. The van der Waals surface area contributed by atoms with Crippen molar-refractivity contribution >= 4 is 5.69 Å². The maximum absolute atomic E-state index is 9.45. The number of rotatable bonds is 3. The van der Waals surface area contributed by atoms with Gasteiger partial charge in [-0.1, -0.05) is 19.1 Å². The van der Waals surface area contributed by atoms with Gasteiger partial charge in [-0.25, -0.2) is 0 Å². The van der Waals surface area contributed by atoms with E-state index in [0.29, 0.717) is 5.92 Å². The lowest BCUT2D eigenvalue weighted by molar-refractivity contribution is 0.245. The van der Waals surface area contributed by atoms with Crippen LogP contribution in [0, 0.1) is 5.92 Å². The molecule has 2 unspecified atom stereocenters. The highest BCUT2D eigenvalue weighted by Gasteiger charge is 2.30. The summed E-state index contributed by atoms with van der Waals surface area (Å²) in [5.41, 5.74) is 8.19. The average molecular weight is 234 g/mol. The topological polar surface area (TPSA) is 49.5 Å². The van der Waals surface area contributed by atoms with E-state index in [-0.39, 0.29) is 18.7 Å². The van der Waals surface area contributed by atoms with Crippen LogP contribution in [0.3, 0.4) is 0 Å². The molecular formula is C14H22N2O. The van der Waals surface area contributed by atoms with E-state index in [2.05, 4.69) is 36.1 Å². The Kier molecular flexibility index (Phi) is 3.69. The molecule has 3 N–H and O–H groups in total. The molecule has 3 nitrogen and oxygen atoms in total. The SMILES string of the molecule is CC1CCN(c2ccc([C@@H](C)N)cc2)C1CO. The maximum Gasteiger partial charge on any atom is 0.0637 e. The van der Waals surface area contributed by atoms with Crippen molar-refractivity contribution in [2.75, 3.05) is 18.1 Å². The number of nitrogens with zero attached hydrogens (tertiary/aromatic N) is 1. The first-order chi connectivity index (χ1) is 8.13. The Balaban J connectivity index is 2.17. The molecule has 1 aromatic carbocycles. The Hall–Kier alpha value is -1.06. The molecule has 94 valence electrons. The van der Waals surface area contributed by atoms with Crippen LogP contribution in [0.5, 0.6) is 0 Å². The van der Waals surface area contributed by atoms with Crippen LogP contribution in [0.25, 0.3) is 0 Å². The van der Waals surface area contributed by atoms with Crippen molar-refractivity contribution in [1.29, 1.82) is 0 Å². The molecule has 1 saturated heterocycles. The molecule has 0 aromatic heterocycles. The van der Waals surface area contributed by atoms with Crippen molar-refractivity contribution in [3.8, 4) is 0 Å². The summed E-state index contributed by atoms with van der Waals surface area (Å²) < 4.78 is 0. The summed E-state index contributed by atoms with van der Waals surface area (Å²) in [7, 11) is 0. The van der Waals surface area contributed by atoms with Crippen LogP contribution in [0.1, 0.15) is 31.9 Å². The van der Waals surface area contributed by atoms with Crippen molar-refractivity contribution in [2.24, 2.45) is 11.7 Å². The van der Waals surface area contributed by atoms with E-state index in [1.54, 1.807) is 0 Å². The Morgan fingerprint density at radius 1 is 1.41 bits per heavy atom. The van der Waals surface area contributed by atoms with Gasteiger partial charge in [0.25, 0.3) is 0 Å². The lowest BCUT2D eigenvalue weighted by Gasteiger charge is -2.27. The molecule has 1 fully saturated rings. The van der Waals surface area contributed by atoms with Gasteiger partial charge < -0.3 is 15.7 Å². The Bertz CT molecular complexity index is 361. The minimum Gasteiger partial charge on any atom is -0.394 e. The van der Waals surface area contributed by atoms with Crippen LogP contribution >= 0.6 is 0 Å². The van der Waals surface area contributed by atoms with E-state index in [0.717, 1.165) is 18.5 Å². The second-order valence-corrected chi connectivity index (χ2v) is 5.09. The van der Waals surface area contributed by atoms with E-state index < -0.39 is 0 Å². The van der Waals surface area contributed by atoms with Gasteiger partial charge in [0.1, 0.15) is 0 Å². The fourth-order valence-electron chi connectivity index (χ4n) is 2.58. The van der Waals surface area contributed by atoms with Crippen LogP contribution < -0.4 is 10.6 Å². The van der Waals surface area contributed by atoms with Gasteiger partial charge in [0.05, 0.1) is 12.6 Å². The molecular weight excluding hydrogens is 212 g/mol. The zero-order valence-corrected chi connectivity index (χ0v) is 10.6. The predicted molar refractivity (Wildman–Crippen MR) is 71.0 cm³/mol. The smallest absolute Gasteiger partial charge is 0.0637 e. The van der Waals surface area contributed by atoms with E-state index in [9.17, 15) is 5.11 Å². The Labute approximate surface area is 103 Å². The second kappa shape index (κ2) is 5.07.